The number of aromatic nitrogens is 1. The Kier molecular flexibility index (Phi) is 5.65. The molecule has 158 valence electrons. The van der Waals surface area contributed by atoms with Gasteiger partial charge in [0.1, 0.15) is 10.8 Å². The molecule has 1 aromatic heterocycles. The molecule has 5 nitrogen and oxygen atoms in total. The molecular weight excluding hydrogens is 418 g/mol. The number of hydrogen-bond donors (Lipinski definition) is 1. The van der Waals surface area contributed by atoms with E-state index in [2.05, 4.69) is 9.71 Å². The molecule has 0 radical (unpaired) electrons. The molecule has 0 bridgehead atoms. The summed E-state index contributed by atoms with van der Waals surface area (Å²) in [7, 11) is -3.43. The Morgan fingerprint density at radius 2 is 1.97 bits per heavy atom. The van der Waals surface area contributed by atoms with Gasteiger partial charge in [0.25, 0.3) is 0 Å². The first-order valence-electron chi connectivity index (χ1n) is 9.76. The lowest BCUT2D eigenvalue weighted by atomic mass is 9.83. The van der Waals surface area contributed by atoms with Crippen LogP contribution in [0, 0.1) is 12.8 Å². The van der Waals surface area contributed by atoms with Gasteiger partial charge in [-0.2, -0.15) is 0 Å². The van der Waals surface area contributed by atoms with Crippen molar-refractivity contribution in [3.63, 3.8) is 0 Å². The van der Waals surface area contributed by atoms with E-state index in [-0.39, 0.29) is 31.1 Å². The van der Waals surface area contributed by atoms with Crippen molar-refractivity contribution in [1.29, 1.82) is 0 Å². The van der Waals surface area contributed by atoms with Crippen LogP contribution in [0.15, 0.2) is 30.5 Å². The molecule has 2 atom stereocenters. The van der Waals surface area contributed by atoms with Gasteiger partial charge in [-0.25, -0.2) is 26.9 Å². The molecule has 0 amide bonds. The molecule has 29 heavy (non-hydrogen) atoms. The predicted octanol–water partition coefficient (Wildman–Crippen LogP) is 4.38. The van der Waals surface area contributed by atoms with E-state index in [1.54, 1.807) is 23.5 Å². The number of alkyl halides is 2. The number of nitrogens with zero attached hydrogens (tertiary/aromatic N) is 1. The Bertz CT molecular complexity index is 956. The third kappa shape index (κ3) is 5.13. The van der Waals surface area contributed by atoms with E-state index in [1.165, 1.54) is 0 Å². The summed E-state index contributed by atoms with van der Waals surface area (Å²) < 4.78 is 60.9. The molecule has 4 rings (SSSR count). The molecule has 2 aliphatic rings. The Labute approximate surface area is 173 Å². The zero-order valence-corrected chi connectivity index (χ0v) is 17.7. The third-order valence-corrected chi connectivity index (χ3v) is 8.36. The second-order valence-corrected chi connectivity index (χ2v) is 11.2. The number of nitrogens with one attached hydrogen (secondary N) is 1. The summed E-state index contributed by atoms with van der Waals surface area (Å²) in [6.45, 7) is 2.04. The van der Waals surface area contributed by atoms with Crippen molar-refractivity contribution in [2.75, 3.05) is 6.61 Å². The number of aryl methyl sites for hydroxylation is 1. The number of halogens is 2. The quantitative estimate of drug-likeness (QED) is 0.691. The summed E-state index contributed by atoms with van der Waals surface area (Å²) in [6, 6.07) is 6.83. The van der Waals surface area contributed by atoms with Crippen LogP contribution in [0.1, 0.15) is 37.0 Å². The standard InChI is InChI=1S/C20H24F2N2O3S2/c1-13-11-23-19(28-13)14-2-4-16(5-3-14)27-12-15-10-20(21,22)9-8-18(15)24-29(25,26)17-6-7-17/h2-5,11,15,17-18,24H,6-10,12H2,1H3/t15-,18+/m1/s1. The van der Waals surface area contributed by atoms with Crippen LogP contribution < -0.4 is 9.46 Å². The van der Waals surface area contributed by atoms with Gasteiger partial charge in [-0.3, -0.25) is 0 Å². The van der Waals surface area contributed by atoms with Crippen molar-refractivity contribution in [2.24, 2.45) is 5.92 Å². The number of thiazole rings is 1. The van der Waals surface area contributed by atoms with Crippen LogP contribution in [0.3, 0.4) is 0 Å². The molecule has 2 saturated carbocycles. The van der Waals surface area contributed by atoms with Crippen molar-refractivity contribution in [2.45, 2.75) is 56.2 Å². The minimum absolute atomic E-state index is 0.0448. The van der Waals surface area contributed by atoms with Crippen LogP contribution in [0.5, 0.6) is 5.75 Å². The number of hydrogen-bond acceptors (Lipinski definition) is 5. The molecule has 0 unspecified atom stereocenters. The Morgan fingerprint density at radius 1 is 1.24 bits per heavy atom. The maximum absolute atomic E-state index is 14.0. The summed E-state index contributed by atoms with van der Waals surface area (Å²) in [4.78, 5) is 5.47. The zero-order valence-electron chi connectivity index (χ0n) is 16.1. The van der Waals surface area contributed by atoms with E-state index >= 15 is 0 Å². The predicted molar refractivity (Wildman–Crippen MR) is 109 cm³/mol. The van der Waals surface area contributed by atoms with E-state index in [0.29, 0.717) is 18.6 Å². The smallest absolute Gasteiger partial charge is 0.248 e. The highest BCUT2D eigenvalue weighted by Crippen LogP contribution is 2.38. The van der Waals surface area contributed by atoms with Gasteiger partial charge >= 0.3 is 0 Å². The largest absolute Gasteiger partial charge is 0.493 e. The second kappa shape index (κ2) is 7.92. The first-order valence-corrected chi connectivity index (χ1v) is 12.1. The molecule has 1 N–H and O–H groups in total. The molecule has 1 heterocycles. The normalized spacial score (nSPS) is 24.4. The van der Waals surface area contributed by atoms with Gasteiger partial charge in [0.2, 0.25) is 15.9 Å². The highest BCUT2D eigenvalue weighted by molar-refractivity contribution is 7.90. The van der Waals surface area contributed by atoms with E-state index < -0.39 is 27.9 Å². The van der Waals surface area contributed by atoms with Gasteiger partial charge in [0.05, 0.1) is 11.9 Å². The topological polar surface area (TPSA) is 68.3 Å². The van der Waals surface area contributed by atoms with Crippen molar-refractivity contribution < 1.29 is 21.9 Å². The van der Waals surface area contributed by atoms with Gasteiger partial charge in [0, 0.05) is 41.4 Å². The molecule has 2 aromatic rings. The third-order valence-electron chi connectivity index (χ3n) is 5.42. The van der Waals surface area contributed by atoms with Crippen LogP contribution in [0.4, 0.5) is 8.78 Å². The minimum Gasteiger partial charge on any atom is -0.493 e. The second-order valence-electron chi connectivity index (χ2n) is 7.94. The monoisotopic (exact) mass is 442 g/mol. The van der Waals surface area contributed by atoms with Crippen molar-refractivity contribution in [1.82, 2.24) is 9.71 Å². The van der Waals surface area contributed by atoms with Crippen LogP contribution in [0.2, 0.25) is 0 Å². The lowest BCUT2D eigenvalue weighted by Gasteiger charge is -2.36. The highest BCUT2D eigenvalue weighted by atomic mass is 32.2. The van der Waals surface area contributed by atoms with Gasteiger partial charge < -0.3 is 4.74 Å². The van der Waals surface area contributed by atoms with Crippen LogP contribution in [0.25, 0.3) is 10.6 Å². The van der Waals surface area contributed by atoms with Gasteiger partial charge in [-0.05, 0) is 50.5 Å². The molecule has 2 aliphatic carbocycles. The zero-order chi connectivity index (χ0) is 20.6. The summed E-state index contributed by atoms with van der Waals surface area (Å²) in [6.07, 6.45) is 2.55. The van der Waals surface area contributed by atoms with Crippen LogP contribution in [-0.2, 0) is 10.0 Å². The molecule has 9 heteroatoms. The molecule has 1 aromatic carbocycles. The lowest BCUT2D eigenvalue weighted by Crippen LogP contribution is -2.49. The van der Waals surface area contributed by atoms with Gasteiger partial charge in [-0.1, -0.05) is 0 Å². The fourth-order valence-corrected chi connectivity index (χ4v) is 6.08. The summed E-state index contributed by atoms with van der Waals surface area (Å²) in [5.74, 6) is -2.80. The molecule has 2 fully saturated rings. The Hall–Kier alpha value is -1.58. The highest BCUT2D eigenvalue weighted by Gasteiger charge is 2.45. The number of sulfonamides is 1. The van der Waals surface area contributed by atoms with E-state index in [0.717, 1.165) is 15.4 Å². The fourth-order valence-electron chi connectivity index (χ4n) is 3.63. The fraction of sp³-hybridized carbons (Fsp3) is 0.550. The Balaban J connectivity index is 1.41. The lowest BCUT2D eigenvalue weighted by molar-refractivity contribution is -0.0661. The first-order chi connectivity index (χ1) is 13.7. The maximum atomic E-state index is 14.0. The summed E-state index contributed by atoms with van der Waals surface area (Å²) in [5, 5.41) is 0.545. The Morgan fingerprint density at radius 3 is 2.59 bits per heavy atom. The van der Waals surface area contributed by atoms with Gasteiger partial charge in [-0.15, -0.1) is 11.3 Å². The summed E-state index contributed by atoms with van der Waals surface area (Å²) >= 11 is 1.59. The average Bonchev–Trinajstić information content (AvgIpc) is 3.45. The maximum Gasteiger partial charge on any atom is 0.248 e. The molecular formula is C20H24F2N2O3S2. The van der Waals surface area contributed by atoms with Crippen molar-refractivity contribution >= 4 is 21.4 Å². The molecule has 0 saturated heterocycles. The van der Waals surface area contributed by atoms with E-state index in [1.807, 2.05) is 25.3 Å². The summed E-state index contributed by atoms with van der Waals surface area (Å²) in [5.41, 5.74) is 0.967. The minimum atomic E-state index is -3.43. The van der Waals surface area contributed by atoms with Crippen molar-refractivity contribution in [3.05, 3.63) is 35.3 Å². The average molecular weight is 443 g/mol. The number of rotatable bonds is 7. The van der Waals surface area contributed by atoms with Crippen LogP contribution >= 0.6 is 11.3 Å². The number of benzene rings is 1. The van der Waals surface area contributed by atoms with Crippen LogP contribution in [-0.4, -0.2) is 37.2 Å². The molecule has 0 spiro atoms. The first kappa shape index (κ1) is 20.7. The van der Waals surface area contributed by atoms with E-state index in [4.69, 9.17) is 4.74 Å². The van der Waals surface area contributed by atoms with E-state index in [9.17, 15) is 17.2 Å². The SMILES string of the molecule is Cc1cnc(-c2ccc(OC[C@H]3CC(F)(F)CC[C@@H]3NS(=O)(=O)C3CC3)cc2)s1. The molecule has 0 aliphatic heterocycles. The van der Waals surface area contributed by atoms with Gasteiger partial charge in [0.15, 0.2) is 0 Å². The van der Waals surface area contributed by atoms with Crippen molar-refractivity contribution in [3.8, 4) is 16.3 Å². The number of ether oxygens (including phenoxy) is 1.